The predicted molar refractivity (Wildman–Crippen MR) is 82.9 cm³/mol. The second-order valence-corrected chi connectivity index (χ2v) is 5.22. The van der Waals surface area contributed by atoms with Gasteiger partial charge in [-0.15, -0.1) is 0 Å². The van der Waals surface area contributed by atoms with Crippen LogP contribution in [-0.2, 0) is 6.42 Å². The van der Waals surface area contributed by atoms with Crippen molar-refractivity contribution in [2.24, 2.45) is 0 Å². The van der Waals surface area contributed by atoms with Gasteiger partial charge in [0.05, 0.1) is 5.56 Å². The molecule has 1 heterocycles. The summed E-state index contributed by atoms with van der Waals surface area (Å²) in [4.78, 5) is 4.46. The number of rotatable bonds is 3. The number of nitrogen functional groups attached to an aromatic ring is 1. The van der Waals surface area contributed by atoms with Crippen molar-refractivity contribution in [1.29, 1.82) is 0 Å². The first-order valence-corrected chi connectivity index (χ1v) is 6.87. The second-order valence-electron chi connectivity index (χ2n) is 5.22. The summed E-state index contributed by atoms with van der Waals surface area (Å²) in [6, 6.07) is 14.0. The highest BCUT2D eigenvalue weighted by molar-refractivity contribution is 5.73. The number of benzene rings is 2. The van der Waals surface area contributed by atoms with Crippen LogP contribution in [0, 0.1) is 13.8 Å². The van der Waals surface area contributed by atoms with E-state index in [0.29, 0.717) is 23.8 Å². The summed E-state index contributed by atoms with van der Waals surface area (Å²) in [6.45, 7) is 4.05. The SMILES string of the molecule is Cc1ccc(Cc2noc(-c3c(C)cccc3N)n2)cc1. The third-order valence-corrected chi connectivity index (χ3v) is 3.47. The van der Waals surface area contributed by atoms with E-state index < -0.39 is 0 Å². The molecular formula is C17H17N3O. The van der Waals surface area contributed by atoms with Crippen LogP contribution in [0.1, 0.15) is 22.5 Å². The molecule has 0 saturated heterocycles. The third-order valence-electron chi connectivity index (χ3n) is 3.47. The van der Waals surface area contributed by atoms with E-state index in [9.17, 15) is 0 Å². The first kappa shape index (κ1) is 13.4. The van der Waals surface area contributed by atoms with E-state index in [0.717, 1.165) is 16.7 Å². The minimum atomic E-state index is 0.479. The van der Waals surface area contributed by atoms with Crippen molar-refractivity contribution in [3.8, 4) is 11.5 Å². The van der Waals surface area contributed by atoms with Gasteiger partial charge in [0.2, 0.25) is 0 Å². The molecule has 21 heavy (non-hydrogen) atoms. The fourth-order valence-electron chi connectivity index (χ4n) is 2.30. The summed E-state index contributed by atoms with van der Waals surface area (Å²) in [6.07, 6.45) is 0.648. The largest absolute Gasteiger partial charge is 0.398 e. The number of nitrogens with zero attached hydrogens (tertiary/aromatic N) is 2. The highest BCUT2D eigenvalue weighted by atomic mass is 16.5. The lowest BCUT2D eigenvalue weighted by atomic mass is 10.1. The van der Waals surface area contributed by atoms with Crippen molar-refractivity contribution < 1.29 is 4.52 Å². The zero-order valence-corrected chi connectivity index (χ0v) is 12.1. The van der Waals surface area contributed by atoms with Gasteiger partial charge in [-0.05, 0) is 31.0 Å². The monoisotopic (exact) mass is 279 g/mol. The Hall–Kier alpha value is -2.62. The number of nitrogens with two attached hydrogens (primary N) is 1. The molecule has 0 atom stereocenters. The van der Waals surface area contributed by atoms with Crippen LogP contribution >= 0.6 is 0 Å². The molecule has 0 saturated carbocycles. The average Bonchev–Trinajstić information content (AvgIpc) is 2.89. The molecule has 4 nitrogen and oxygen atoms in total. The quantitative estimate of drug-likeness (QED) is 0.745. The maximum atomic E-state index is 6.00. The van der Waals surface area contributed by atoms with Crippen molar-refractivity contribution >= 4 is 5.69 Å². The first-order valence-electron chi connectivity index (χ1n) is 6.87. The molecule has 2 aromatic carbocycles. The molecule has 3 aromatic rings. The van der Waals surface area contributed by atoms with Crippen LogP contribution in [-0.4, -0.2) is 10.1 Å². The first-order chi connectivity index (χ1) is 10.1. The number of aromatic nitrogens is 2. The Morgan fingerprint density at radius 3 is 2.52 bits per heavy atom. The van der Waals surface area contributed by atoms with E-state index in [4.69, 9.17) is 10.3 Å². The van der Waals surface area contributed by atoms with Crippen molar-refractivity contribution in [3.63, 3.8) is 0 Å². The molecule has 106 valence electrons. The fourth-order valence-corrected chi connectivity index (χ4v) is 2.30. The van der Waals surface area contributed by atoms with Crippen molar-refractivity contribution in [2.45, 2.75) is 20.3 Å². The summed E-state index contributed by atoms with van der Waals surface area (Å²) in [5.74, 6) is 1.14. The zero-order valence-electron chi connectivity index (χ0n) is 12.1. The molecule has 2 N–H and O–H groups in total. The number of anilines is 1. The van der Waals surface area contributed by atoms with Crippen LogP contribution in [0.25, 0.3) is 11.5 Å². The van der Waals surface area contributed by atoms with Gasteiger partial charge in [0.1, 0.15) is 0 Å². The fraction of sp³-hybridized carbons (Fsp3) is 0.176. The summed E-state index contributed by atoms with van der Waals surface area (Å²) in [7, 11) is 0. The van der Waals surface area contributed by atoms with Crippen molar-refractivity contribution in [2.75, 3.05) is 5.73 Å². The Balaban J connectivity index is 1.88. The highest BCUT2D eigenvalue weighted by Gasteiger charge is 2.14. The smallest absolute Gasteiger partial charge is 0.260 e. The zero-order chi connectivity index (χ0) is 14.8. The van der Waals surface area contributed by atoms with E-state index in [1.54, 1.807) is 0 Å². The Bertz CT molecular complexity index is 740. The van der Waals surface area contributed by atoms with Gasteiger partial charge in [0.15, 0.2) is 5.82 Å². The van der Waals surface area contributed by atoms with E-state index >= 15 is 0 Å². The van der Waals surface area contributed by atoms with Crippen LogP contribution in [0.2, 0.25) is 0 Å². The van der Waals surface area contributed by atoms with Gasteiger partial charge in [-0.3, -0.25) is 0 Å². The van der Waals surface area contributed by atoms with E-state index in [1.165, 1.54) is 5.56 Å². The Morgan fingerprint density at radius 1 is 1.05 bits per heavy atom. The van der Waals surface area contributed by atoms with Crippen LogP contribution in [0.5, 0.6) is 0 Å². The Kier molecular flexibility index (Phi) is 3.44. The minimum Gasteiger partial charge on any atom is -0.398 e. The van der Waals surface area contributed by atoms with Gasteiger partial charge in [0.25, 0.3) is 5.89 Å². The molecule has 3 rings (SSSR count). The van der Waals surface area contributed by atoms with Gasteiger partial charge in [0, 0.05) is 12.1 Å². The molecule has 4 heteroatoms. The van der Waals surface area contributed by atoms with Crippen molar-refractivity contribution in [3.05, 3.63) is 65.0 Å². The molecule has 0 amide bonds. The van der Waals surface area contributed by atoms with Crippen LogP contribution in [0.3, 0.4) is 0 Å². The van der Waals surface area contributed by atoms with Gasteiger partial charge < -0.3 is 10.3 Å². The molecule has 0 bridgehead atoms. The van der Waals surface area contributed by atoms with Gasteiger partial charge in [-0.25, -0.2) is 0 Å². The van der Waals surface area contributed by atoms with Crippen LogP contribution in [0.15, 0.2) is 47.0 Å². The lowest BCUT2D eigenvalue weighted by Gasteiger charge is -2.03. The van der Waals surface area contributed by atoms with Crippen LogP contribution in [0.4, 0.5) is 5.69 Å². The maximum Gasteiger partial charge on any atom is 0.260 e. The average molecular weight is 279 g/mol. The molecule has 0 radical (unpaired) electrons. The predicted octanol–water partition coefficient (Wildman–Crippen LogP) is 3.53. The Labute approximate surface area is 123 Å². The summed E-state index contributed by atoms with van der Waals surface area (Å²) in [5.41, 5.74) is 10.9. The van der Waals surface area contributed by atoms with E-state index in [-0.39, 0.29) is 0 Å². The lowest BCUT2D eigenvalue weighted by Crippen LogP contribution is -1.94. The second kappa shape index (κ2) is 5.40. The standard InChI is InChI=1S/C17H17N3O/c1-11-6-8-13(9-7-11)10-15-19-17(21-20-15)16-12(2)4-3-5-14(16)18/h3-9H,10,18H2,1-2H3. The van der Waals surface area contributed by atoms with Gasteiger partial charge in [-0.2, -0.15) is 4.98 Å². The van der Waals surface area contributed by atoms with Crippen LogP contribution < -0.4 is 5.73 Å². The maximum absolute atomic E-state index is 6.00. The van der Waals surface area contributed by atoms with E-state index in [2.05, 4.69) is 41.3 Å². The number of hydrogen-bond acceptors (Lipinski definition) is 4. The molecule has 0 fully saturated rings. The minimum absolute atomic E-state index is 0.479. The summed E-state index contributed by atoms with van der Waals surface area (Å²) >= 11 is 0. The van der Waals surface area contributed by atoms with Gasteiger partial charge in [-0.1, -0.05) is 47.1 Å². The molecule has 0 unspecified atom stereocenters. The normalized spacial score (nSPS) is 10.8. The molecule has 0 aliphatic heterocycles. The number of hydrogen-bond donors (Lipinski definition) is 1. The molecular weight excluding hydrogens is 262 g/mol. The topological polar surface area (TPSA) is 64.9 Å². The number of aryl methyl sites for hydroxylation is 2. The summed E-state index contributed by atoms with van der Waals surface area (Å²) in [5, 5.41) is 4.05. The summed E-state index contributed by atoms with van der Waals surface area (Å²) < 4.78 is 5.37. The molecule has 1 aromatic heterocycles. The molecule has 0 spiro atoms. The molecule has 0 aliphatic rings. The van der Waals surface area contributed by atoms with Gasteiger partial charge >= 0.3 is 0 Å². The molecule has 0 aliphatic carbocycles. The van der Waals surface area contributed by atoms with Crippen molar-refractivity contribution in [1.82, 2.24) is 10.1 Å². The Morgan fingerprint density at radius 2 is 1.81 bits per heavy atom. The van der Waals surface area contributed by atoms with E-state index in [1.807, 2.05) is 25.1 Å². The third kappa shape index (κ3) is 2.79. The lowest BCUT2D eigenvalue weighted by molar-refractivity contribution is 0.424. The highest BCUT2D eigenvalue weighted by Crippen LogP contribution is 2.28.